The van der Waals surface area contributed by atoms with E-state index in [1.165, 1.54) is 0 Å². The van der Waals surface area contributed by atoms with Crippen LogP contribution in [0.1, 0.15) is 10.4 Å². The number of carbonyl (C=O) groups is 1. The summed E-state index contributed by atoms with van der Waals surface area (Å²) < 4.78 is 4.70. The molecule has 2 rings (SSSR count). The predicted octanol–water partition coefficient (Wildman–Crippen LogP) is 1.64. The van der Waals surface area contributed by atoms with Crippen LogP contribution in [-0.2, 0) is 0 Å². The Bertz CT molecular complexity index is 392. The Labute approximate surface area is 62.6 Å². The van der Waals surface area contributed by atoms with Crippen LogP contribution in [0.15, 0.2) is 29.0 Å². The predicted molar refractivity (Wildman–Crippen MR) is 39.4 cm³/mol. The van der Waals surface area contributed by atoms with Gasteiger partial charge in [-0.05, 0) is 12.1 Å². The maximum atomic E-state index is 10.3. The van der Waals surface area contributed by atoms with Crippen molar-refractivity contribution >= 4 is 17.2 Å². The SMILES string of the molecule is O=Cc1ccc2conc2c1. The average molecular weight is 147 g/mol. The molecule has 0 bridgehead atoms. The zero-order chi connectivity index (χ0) is 7.68. The van der Waals surface area contributed by atoms with Crippen LogP contribution in [0.5, 0.6) is 0 Å². The van der Waals surface area contributed by atoms with E-state index in [0.29, 0.717) is 5.56 Å². The van der Waals surface area contributed by atoms with Gasteiger partial charge in [0.25, 0.3) is 0 Å². The fourth-order valence-corrected chi connectivity index (χ4v) is 0.953. The summed E-state index contributed by atoms with van der Waals surface area (Å²) in [5.74, 6) is 0. The molecule has 1 heterocycles. The first-order valence-corrected chi connectivity index (χ1v) is 3.19. The molecule has 1 aromatic carbocycles. The summed E-state index contributed by atoms with van der Waals surface area (Å²) in [6.45, 7) is 0. The van der Waals surface area contributed by atoms with Crippen molar-refractivity contribution in [1.29, 1.82) is 0 Å². The summed E-state index contributed by atoms with van der Waals surface area (Å²) in [4.78, 5) is 10.3. The highest BCUT2D eigenvalue weighted by Gasteiger charge is 1.97. The lowest BCUT2D eigenvalue weighted by atomic mass is 10.2. The Hall–Kier alpha value is -1.64. The third-order valence-corrected chi connectivity index (χ3v) is 1.52. The van der Waals surface area contributed by atoms with Gasteiger partial charge in [-0.25, -0.2) is 0 Å². The third-order valence-electron chi connectivity index (χ3n) is 1.52. The molecule has 0 spiro atoms. The highest BCUT2D eigenvalue weighted by atomic mass is 16.5. The highest BCUT2D eigenvalue weighted by molar-refractivity contribution is 5.85. The maximum Gasteiger partial charge on any atom is 0.150 e. The van der Waals surface area contributed by atoms with Crippen molar-refractivity contribution in [1.82, 2.24) is 5.16 Å². The number of hydrogen-bond donors (Lipinski definition) is 0. The van der Waals surface area contributed by atoms with Crippen molar-refractivity contribution in [2.24, 2.45) is 0 Å². The second-order valence-corrected chi connectivity index (χ2v) is 2.25. The molecule has 0 aliphatic rings. The first-order valence-electron chi connectivity index (χ1n) is 3.19. The van der Waals surface area contributed by atoms with Crippen LogP contribution in [-0.4, -0.2) is 11.4 Å². The van der Waals surface area contributed by atoms with E-state index in [2.05, 4.69) is 5.16 Å². The molecule has 0 saturated carbocycles. The molecule has 0 aliphatic heterocycles. The van der Waals surface area contributed by atoms with E-state index in [9.17, 15) is 4.79 Å². The normalized spacial score (nSPS) is 10.2. The largest absolute Gasteiger partial charge is 0.364 e. The van der Waals surface area contributed by atoms with E-state index in [-0.39, 0.29) is 0 Å². The Balaban J connectivity index is 2.76. The Morgan fingerprint density at radius 1 is 1.45 bits per heavy atom. The second-order valence-electron chi connectivity index (χ2n) is 2.25. The molecule has 2 aromatic rings. The van der Waals surface area contributed by atoms with Crippen LogP contribution in [0.2, 0.25) is 0 Å². The topological polar surface area (TPSA) is 43.1 Å². The third kappa shape index (κ3) is 0.902. The molecule has 0 fully saturated rings. The van der Waals surface area contributed by atoms with Crippen LogP contribution in [0.3, 0.4) is 0 Å². The molecule has 3 heteroatoms. The average Bonchev–Trinajstić information content (AvgIpc) is 2.50. The fraction of sp³-hybridized carbons (Fsp3) is 0. The summed E-state index contributed by atoms with van der Waals surface area (Å²) >= 11 is 0. The monoisotopic (exact) mass is 147 g/mol. The molecule has 0 amide bonds. The van der Waals surface area contributed by atoms with Crippen molar-refractivity contribution in [3.05, 3.63) is 30.0 Å². The first kappa shape index (κ1) is 6.09. The van der Waals surface area contributed by atoms with E-state index in [4.69, 9.17) is 4.52 Å². The van der Waals surface area contributed by atoms with Crippen molar-refractivity contribution in [3.8, 4) is 0 Å². The maximum absolute atomic E-state index is 10.3. The van der Waals surface area contributed by atoms with Crippen LogP contribution in [0, 0.1) is 0 Å². The Morgan fingerprint density at radius 2 is 2.36 bits per heavy atom. The summed E-state index contributed by atoms with van der Waals surface area (Å²) in [6.07, 6.45) is 2.33. The van der Waals surface area contributed by atoms with Gasteiger partial charge in [0, 0.05) is 10.9 Å². The lowest BCUT2D eigenvalue weighted by Crippen LogP contribution is -1.77. The molecule has 1 aromatic heterocycles. The second kappa shape index (κ2) is 2.20. The number of nitrogens with zero attached hydrogens (tertiary/aromatic N) is 1. The molecule has 0 aliphatic carbocycles. The molecular weight excluding hydrogens is 142 g/mol. The van der Waals surface area contributed by atoms with Gasteiger partial charge in [-0.1, -0.05) is 11.2 Å². The van der Waals surface area contributed by atoms with E-state index >= 15 is 0 Å². The fourth-order valence-electron chi connectivity index (χ4n) is 0.953. The number of aromatic nitrogens is 1. The molecule has 54 valence electrons. The van der Waals surface area contributed by atoms with E-state index in [1.54, 1.807) is 24.5 Å². The Morgan fingerprint density at radius 3 is 3.18 bits per heavy atom. The van der Waals surface area contributed by atoms with Crippen LogP contribution in [0.25, 0.3) is 10.9 Å². The molecule has 0 atom stereocenters. The molecule has 0 N–H and O–H groups in total. The van der Waals surface area contributed by atoms with Gasteiger partial charge in [0.05, 0.1) is 0 Å². The van der Waals surface area contributed by atoms with Crippen molar-refractivity contribution in [2.75, 3.05) is 0 Å². The van der Waals surface area contributed by atoms with Gasteiger partial charge in [0.2, 0.25) is 0 Å². The Kier molecular flexibility index (Phi) is 1.22. The van der Waals surface area contributed by atoms with Crippen LogP contribution < -0.4 is 0 Å². The van der Waals surface area contributed by atoms with Gasteiger partial charge in [-0.2, -0.15) is 0 Å². The molecule has 0 saturated heterocycles. The van der Waals surface area contributed by atoms with Crippen molar-refractivity contribution in [3.63, 3.8) is 0 Å². The number of carbonyl (C=O) groups excluding carboxylic acids is 1. The molecular formula is C8H5NO2. The van der Waals surface area contributed by atoms with Gasteiger partial charge in [-0.15, -0.1) is 0 Å². The number of aldehydes is 1. The number of fused-ring (bicyclic) bond motifs is 1. The number of rotatable bonds is 1. The lowest BCUT2D eigenvalue weighted by molar-refractivity contribution is 0.112. The van der Waals surface area contributed by atoms with Gasteiger partial charge in [0.1, 0.15) is 18.1 Å². The summed E-state index contributed by atoms with van der Waals surface area (Å²) in [5, 5.41) is 4.61. The quantitative estimate of drug-likeness (QED) is 0.576. The van der Waals surface area contributed by atoms with Gasteiger partial charge in [0.15, 0.2) is 0 Å². The summed E-state index contributed by atoms with van der Waals surface area (Å²) in [6, 6.07) is 5.22. The summed E-state index contributed by atoms with van der Waals surface area (Å²) in [5.41, 5.74) is 1.33. The zero-order valence-corrected chi connectivity index (χ0v) is 5.65. The minimum atomic E-state index is 0.617. The van der Waals surface area contributed by atoms with Gasteiger partial charge < -0.3 is 4.52 Å². The van der Waals surface area contributed by atoms with Crippen LogP contribution >= 0.6 is 0 Å². The van der Waals surface area contributed by atoms with Crippen molar-refractivity contribution < 1.29 is 9.32 Å². The number of benzene rings is 1. The van der Waals surface area contributed by atoms with E-state index in [0.717, 1.165) is 17.2 Å². The minimum Gasteiger partial charge on any atom is -0.364 e. The zero-order valence-electron chi connectivity index (χ0n) is 5.65. The smallest absolute Gasteiger partial charge is 0.150 e. The van der Waals surface area contributed by atoms with Gasteiger partial charge in [-0.3, -0.25) is 4.79 Å². The van der Waals surface area contributed by atoms with Crippen LogP contribution in [0.4, 0.5) is 0 Å². The van der Waals surface area contributed by atoms with Gasteiger partial charge >= 0.3 is 0 Å². The van der Waals surface area contributed by atoms with E-state index in [1.807, 2.05) is 0 Å². The lowest BCUT2D eigenvalue weighted by Gasteiger charge is -1.86. The standard InChI is InChI=1S/C8H5NO2/c10-4-6-1-2-7-5-11-9-8(7)3-6/h1-5H. The first-order chi connectivity index (χ1) is 5.40. The highest BCUT2D eigenvalue weighted by Crippen LogP contribution is 2.12. The molecule has 11 heavy (non-hydrogen) atoms. The molecule has 3 nitrogen and oxygen atoms in total. The summed E-state index contributed by atoms with van der Waals surface area (Å²) in [7, 11) is 0. The number of hydrogen-bond acceptors (Lipinski definition) is 3. The molecule has 0 unspecified atom stereocenters. The van der Waals surface area contributed by atoms with Crippen molar-refractivity contribution in [2.45, 2.75) is 0 Å². The molecule has 0 radical (unpaired) electrons. The minimum absolute atomic E-state index is 0.617. The van der Waals surface area contributed by atoms with E-state index < -0.39 is 0 Å².